The van der Waals surface area contributed by atoms with Gasteiger partial charge in [-0.3, -0.25) is 4.98 Å². The van der Waals surface area contributed by atoms with Gasteiger partial charge in [-0.2, -0.15) is 0 Å². The Kier molecular flexibility index (Phi) is 3.73. The minimum atomic E-state index is 0.669. The van der Waals surface area contributed by atoms with Crippen LogP contribution in [-0.4, -0.2) is 11.5 Å². The van der Waals surface area contributed by atoms with Crippen molar-refractivity contribution in [3.63, 3.8) is 0 Å². The van der Waals surface area contributed by atoms with Gasteiger partial charge in [0, 0.05) is 6.20 Å². The third-order valence-electron chi connectivity index (χ3n) is 2.54. The number of pyridine rings is 1. The lowest BCUT2D eigenvalue weighted by Gasteiger charge is -2.08. The summed E-state index contributed by atoms with van der Waals surface area (Å²) in [6.45, 7) is 2.60. The number of hydrogen-bond acceptors (Lipinski definition) is 3. The number of aromatic nitrogens is 1. The maximum absolute atomic E-state index is 5.75. The van der Waals surface area contributed by atoms with Gasteiger partial charge in [0.2, 0.25) is 0 Å². The molecule has 2 N–H and O–H groups in total. The molecule has 0 amide bonds. The second-order valence-electron chi connectivity index (χ2n) is 3.87. The zero-order chi connectivity index (χ0) is 12.1. The Morgan fingerprint density at radius 2 is 1.94 bits per heavy atom. The number of ether oxygens (including phenoxy) is 1. The molecular weight excluding hydrogens is 212 g/mol. The highest BCUT2D eigenvalue weighted by Gasteiger charge is 2.01. The van der Waals surface area contributed by atoms with E-state index in [0.717, 1.165) is 23.6 Å². The summed E-state index contributed by atoms with van der Waals surface area (Å²) >= 11 is 0. The molecule has 3 heteroatoms. The van der Waals surface area contributed by atoms with Gasteiger partial charge in [-0.1, -0.05) is 12.1 Å². The lowest BCUT2D eigenvalue weighted by molar-refractivity contribution is 0.475. The topological polar surface area (TPSA) is 48.1 Å². The Hall–Kier alpha value is -1.87. The molecule has 0 aliphatic heterocycles. The van der Waals surface area contributed by atoms with Crippen LogP contribution in [0.15, 0.2) is 42.6 Å². The van der Waals surface area contributed by atoms with E-state index in [9.17, 15) is 0 Å². The Bertz CT molecular complexity index is 480. The van der Waals surface area contributed by atoms with E-state index in [4.69, 9.17) is 10.5 Å². The molecule has 1 heterocycles. The van der Waals surface area contributed by atoms with Crippen LogP contribution in [0.5, 0.6) is 11.5 Å². The molecule has 0 spiro atoms. The summed E-state index contributed by atoms with van der Waals surface area (Å²) in [6, 6.07) is 11.8. The maximum Gasteiger partial charge on any atom is 0.148 e. The van der Waals surface area contributed by atoms with Gasteiger partial charge in [0.15, 0.2) is 0 Å². The summed E-state index contributed by atoms with van der Waals surface area (Å²) in [5.41, 5.74) is 7.61. The van der Waals surface area contributed by atoms with E-state index in [0.29, 0.717) is 6.54 Å². The average molecular weight is 228 g/mol. The highest BCUT2D eigenvalue weighted by atomic mass is 16.5. The summed E-state index contributed by atoms with van der Waals surface area (Å²) in [5, 5.41) is 0. The minimum absolute atomic E-state index is 0.669. The van der Waals surface area contributed by atoms with Crippen LogP contribution in [0.2, 0.25) is 0 Å². The number of nitrogens with two attached hydrogens (primary N) is 1. The largest absolute Gasteiger partial charge is 0.455 e. The molecule has 3 nitrogen and oxygen atoms in total. The molecule has 0 atom stereocenters. The van der Waals surface area contributed by atoms with Crippen LogP contribution >= 0.6 is 0 Å². The van der Waals surface area contributed by atoms with E-state index in [2.05, 4.69) is 4.98 Å². The number of benzene rings is 1. The van der Waals surface area contributed by atoms with Gasteiger partial charge in [0.1, 0.15) is 11.5 Å². The van der Waals surface area contributed by atoms with Crippen LogP contribution < -0.4 is 10.5 Å². The summed E-state index contributed by atoms with van der Waals surface area (Å²) in [4.78, 5) is 4.18. The molecule has 0 aliphatic rings. The zero-order valence-corrected chi connectivity index (χ0v) is 9.89. The summed E-state index contributed by atoms with van der Waals surface area (Å²) < 4.78 is 5.75. The standard InChI is InChI=1S/C14H16N2O/c1-11-14(3-2-10-16-11)17-13-6-4-12(5-7-13)8-9-15/h2-7,10H,8-9,15H2,1H3. The molecule has 2 rings (SSSR count). The first kappa shape index (κ1) is 11.6. The molecule has 0 unspecified atom stereocenters. The average Bonchev–Trinajstić information content (AvgIpc) is 2.35. The van der Waals surface area contributed by atoms with E-state index in [1.54, 1.807) is 6.20 Å². The molecule has 17 heavy (non-hydrogen) atoms. The first-order valence-electron chi connectivity index (χ1n) is 5.68. The first-order chi connectivity index (χ1) is 8.29. The summed E-state index contributed by atoms with van der Waals surface area (Å²) in [6.07, 6.45) is 2.65. The highest BCUT2D eigenvalue weighted by molar-refractivity contribution is 5.34. The molecular formula is C14H16N2O. The monoisotopic (exact) mass is 228 g/mol. The fourth-order valence-electron chi connectivity index (χ4n) is 1.60. The van der Waals surface area contributed by atoms with Crippen molar-refractivity contribution in [1.29, 1.82) is 0 Å². The number of rotatable bonds is 4. The molecule has 1 aromatic heterocycles. The Morgan fingerprint density at radius 1 is 1.18 bits per heavy atom. The number of hydrogen-bond donors (Lipinski definition) is 1. The molecule has 0 saturated heterocycles. The van der Waals surface area contributed by atoms with E-state index in [-0.39, 0.29) is 0 Å². The molecule has 0 bridgehead atoms. The predicted octanol–water partition coefficient (Wildman–Crippen LogP) is 2.68. The van der Waals surface area contributed by atoms with Gasteiger partial charge in [-0.15, -0.1) is 0 Å². The molecule has 0 radical (unpaired) electrons. The number of nitrogens with zero attached hydrogens (tertiary/aromatic N) is 1. The van der Waals surface area contributed by atoms with Gasteiger partial charge >= 0.3 is 0 Å². The minimum Gasteiger partial charge on any atom is -0.455 e. The lowest BCUT2D eigenvalue weighted by Crippen LogP contribution is -2.02. The van der Waals surface area contributed by atoms with Crippen molar-refractivity contribution in [2.75, 3.05) is 6.54 Å². The first-order valence-corrected chi connectivity index (χ1v) is 5.68. The smallest absolute Gasteiger partial charge is 0.148 e. The van der Waals surface area contributed by atoms with E-state index >= 15 is 0 Å². The van der Waals surface area contributed by atoms with Crippen molar-refractivity contribution in [3.05, 3.63) is 53.9 Å². The van der Waals surface area contributed by atoms with Crippen molar-refractivity contribution in [3.8, 4) is 11.5 Å². The van der Waals surface area contributed by atoms with Gasteiger partial charge < -0.3 is 10.5 Å². The van der Waals surface area contributed by atoms with Crippen molar-refractivity contribution < 1.29 is 4.74 Å². The van der Waals surface area contributed by atoms with Gasteiger partial charge in [-0.05, 0) is 49.7 Å². The SMILES string of the molecule is Cc1ncccc1Oc1ccc(CCN)cc1. The normalized spacial score (nSPS) is 10.2. The molecule has 0 aliphatic carbocycles. The molecule has 2 aromatic rings. The Labute approximate surface area is 101 Å². The Morgan fingerprint density at radius 3 is 2.59 bits per heavy atom. The second-order valence-corrected chi connectivity index (χ2v) is 3.87. The van der Waals surface area contributed by atoms with Crippen molar-refractivity contribution in [2.24, 2.45) is 5.73 Å². The molecule has 88 valence electrons. The summed E-state index contributed by atoms with van der Waals surface area (Å²) in [5.74, 6) is 1.61. The van der Waals surface area contributed by atoms with Crippen LogP contribution in [0.25, 0.3) is 0 Å². The number of aryl methyl sites for hydroxylation is 1. The van der Waals surface area contributed by atoms with Crippen molar-refractivity contribution >= 4 is 0 Å². The second kappa shape index (κ2) is 5.46. The van der Waals surface area contributed by atoms with Crippen molar-refractivity contribution in [2.45, 2.75) is 13.3 Å². The predicted molar refractivity (Wildman–Crippen MR) is 68.2 cm³/mol. The molecule has 1 aromatic carbocycles. The molecule has 0 fully saturated rings. The van der Waals surface area contributed by atoms with E-state index < -0.39 is 0 Å². The van der Waals surface area contributed by atoms with Crippen LogP contribution in [-0.2, 0) is 6.42 Å². The van der Waals surface area contributed by atoms with E-state index in [1.165, 1.54) is 5.56 Å². The van der Waals surface area contributed by atoms with Gasteiger partial charge in [0.25, 0.3) is 0 Å². The van der Waals surface area contributed by atoms with Crippen LogP contribution in [0, 0.1) is 6.92 Å². The zero-order valence-electron chi connectivity index (χ0n) is 9.89. The van der Waals surface area contributed by atoms with E-state index in [1.807, 2.05) is 43.3 Å². The lowest BCUT2D eigenvalue weighted by atomic mass is 10.1. The van der Waals surface area contributed by atoms with Gasteiger partial charge in [-0.25, -0.2) is 0 Å². The van der Waals surface area contributed by atoms with Crippen LogP contribution in [0.1, 0.15) is 11.3 Å². The fraction of sp³-hybridized carbons (Fsp3) is 0.214. The highest BCUT2D eigenvalue weighted by Crippen LogP contribution is 2.23. The maximum atomic E-state index is 5.75. The Balaban J connectivity index is 2.11. The van der Waals surface area contributed by atoms with Gasteiger partial charge in [0.05, 0.1) is 5.69 Å². The summed E-state index contributed by atoms with van der Waals surface area (Å²) in [7, 11) is 0. The quantitative estimate of drug-likeness (QED) is 0.875. The third kappa shape index (κ3) is 3.04. The van der Waals surface area contributed by atoms with Crippen LogP contribution in [0.4, 0.5) is 0 Å². The molecule has 0 saturated carbocycles. The third-order valence-corrected chi connectivity index (χ3v) is 2.54. The fourth-order valence-corrected chi connectivity index (χ4v) is 1.60. The van der Waals surface area contributed by atoms with Crippen molar-refractivity contribution in [1.82, 2.24) is 4.98 Å². The van der Waals surface area contributed by atoms with Crippen LogP contribution in [0.3, 0.4) is 0 Å².